The molecule has 5 nitrogen and oxygen atoms in total. The van der Waals surface area contributed by atoms with Gasteiger partial charge in [0.25, 0.3) is 0 Å². The summed E-state index contributed by atoms with van der Waals surface area (Å²) in [7, 11) is 3.51. The van der Waals surface area contributed by atoms with E-state index in [2.05, 4.69) is 21.0 Å². The minimum Gasteiger partial charge on any atom is -0.493 e. The van der Waals surface area contributed by atoms with E-state index in [-0.39, 0.29) is 0 Å². The van der Waals surface area contributed by atoms with Crippen molar-refractivity contribution in [3.63, 3.8) is 0 Å². The zero-order valence-electron chi connectivity index (χ0n) is 11.8. The van der Waals surface area contributed by atoms with Crippen LogP contribution in [0.1, 0.15) is 17.0 Å². The first-order valence-electron chi connectivity index (χ1n) is 6.24. The summed E-state index contributed by atoms with van der Waals surface area (Å²) in [5.41, 5.74) is 8.60. The summed E-state index contributed by atoms with van der Waals surface area (Å²) in [5, 5.41) is 4.29. The van der Waals surface area contributed by atoms with E-state index in [1.165, 1.54) is 0 Å². The lowest BCUT2D eigenvalue weighted by Crippen LogP contribution is -2.05. The second kappa shape index (κ2) is 6.28. The summed E-state index contributed by atoms with van der Waals surface area (Å²) in [4.78, 5) is 0. The number of nitrogens with two attached hydrogens (primary N) is 1. The number of ether oxygens (including phenoxy) is 2. The van der Waals surface area contributed by atoms with Gasteiger partial charge in [0, 0.05) is 13.6 Å². The Balaban J connectivity index is 2.22. The number of nitrogens with zero attached hydrogens (tertiary/aromatic N) is 2. The van der Waals surface area contributed by atoms with Gasteiger partial charge in [-0.15, -0.1) is 0 Å². The molecule has 0 spiro atoms. The fraction of sp³-hybridized carbons (Fsp3) is 0.357. The van der Waals surface area contributed by atoms with Gasteiger partial charge >= 0.3 is 0 Å². The molecule has 0 aliphatic rings. The summed E-state index contributed by atoms with van der Waals surface area (Å²) in [6.07, 6.45) is 0. The fourth-order valence-electron chi connectivity index (χ4n) is 1.98. The van der Waals surface area contributed by atoms with E-state index in [0.29, 0.717) is 24.7 Å². The molecule has 0 fully saturated rings. The van der Waals surface area contributed by atoms with E-state index in [4.69, 9.17) is 15.2 Å². The molecule has 1 heterocycles. The molecule has 0 bridgehead atoms. The molecule has 0 aliphatic heterocycles. The lowest BCUT2D eigenvalue weighted by molar-refractivity contribution is 0.273. The minimum atomic E-state index is 0.425. The maximum Gasteiger partial charge on any atom is 0.175 e. The predicted molar refractivity (Wildman–Crippen MR) is 80.9 cm³/mol. The molecule has 2 rings (SSSR count). The van der Waals surface area contributed by atoms with Crippen LogP contribution in [0.25, 0.3) is 0 Å². The topological polar surface area (TPSA) is 62.3 Å². The molecule has 0 unspecified atom stereocenters. The number of rotatable bonds is 5. The molecule has 0 radical (unpaired) electrons. The van der Waals surface area contributed by atoms with Crippen molar-refractivity contribution in [2.75, 3.05) is 7.11 Å². The lowest BCUT2D eigenvalue weighted by Gasteiger charge is -2.14. The van der Waals surface area contributed by atoms with Crippen molar-refractivity contribution in [2.45, 2.75) is 20.1 Å². The molecule has 20 heavy (non-hydrogen) atoms. The maximum atomic E-state index is 5.87. The van der Waals surface area contributed by atoms with E-state index in [1.807, 2.05) is 36.9 Å². The molecule has 108 valence electrons. The van der Waals surface area contributed by atoms with Crippen LogP contribution in [0.3, 0.4) is 0 Å². The molecule has 0 amide bonds. The van der Waals surface area contributed by atoms with Gasteiger partial charge in [-0.3, -0.25) is 4.68 Å². The van der Waals surface area contributed by atoms with E-state index >= 15 is 0 Å². The second-order valence-corrected chi connectivity index (χ2v) is 5.36. The third-order valence-electron chi connectivity index (χ3n) is 2.99. The SMILES string of the molecule is COc1cc(CN)cc(Br)c1OCc1cc(C)nn1C. The summed E-state index contributed by atoms with van der Waals surface area (Å²) < 4.78 is 13.9. The summed E-state index contributed by atoms with van der Waals surface area (Å²) >= 11 is 3.49. The molecule has 0 saturated heterocycles. The van der Waals surface area contributed by atoms with Crippen LogP contribution in [0.2, 0.25) is 0 Å². The molecule has 2 N–H and O–H groups in total. The lowest BCUT2D eigenvalue weighted by atomic mass is 10.2. The highest BCUT2D eigenvalue weighted by atomic mass is 79.9. The average Bonchev–Trinajstić information content (AvgIpc) is 2.74. The third-order valence-corrected chi connectivity index (χ3v) is 3.58. The summed E-state index contributed by atoms with van der Waals surface area (Å²) in [6.45, 7) is 2.83. The number of hydrogen-bond acceptors (Lipinski definition) is 4. The molecule has 2 aromatic rings. The largest absolute Gasteiger partial charge is 0.493 e. The van der Waals surface area contributed by atoms with Crippen LogP contribution in [-0.4, -0.2) is 16.9 Å². The summed E-state index contributed by atoms with van der Waals surface area (Å²) in [6, 6.07) is 5.82. The van der Waals surface area contributed by atoms with Gasteiger partial charge in [0.2, 0.25) is 0 Å². The van der Waals surface area contributed by atoms with Gasteiger partial charge in [0.1, 0.15) is 6.61 Å². The predicted octanol–water partition coefficient (Wildman–Crippen LogP) is 2.54. The molecule has 6 heteroatoms. The fourth-order valence-corrected chi connectivity index (χ4v) is 2.58. The zero-order chi connectivity index (χ0) is 14.7. The van der Waals surface area contributed by atoms with Crippen LogP contribution in [0.4, 0.5) is 0 Å². The van der Waals surface area contributed by atoms with Gasteiger partial charge in [-0.25, -0.2) is 0 Å². The van der Waals surface area contributed by atoms with Crippen molar-refractivity contribution in [3.8, 4) is 11.5 Å². The Morgan fingerprint density at radius 3 is 2.65 bits per heavy atom. The molecule has 1 aromatic heterocycles. The van der Waals surface area contributed by atoms with Crippen molar-refractivity contribution in [1.29, 1.82) is 0 Å². The van der Waals surface area contributed by atoms with E-state index in [0.717, 1.165) is 21.4 Å². The number of aromatic nitrogens is 2. The normalized spacial score (nSPS) is 10.7. The quantitative estimate of drug-likeness (QED) is 0.909. The van der Waals surface area contributed by atoms with Crippen LogP contribution >= 0.6 is 15.9 Å². The van der Waals surface area contributed by atoms with Gasteiger partial charge < -0.3 is 15.2 Å². The molecule has 0 atom stereocenters. The smallest absolute Gasteiger partial charge is 0.175 e. The number of methoxy groups -OCH3 is 1. The highest BCUT2D eigenvalue weighted by Gasteiger charge is 2.12. The number of benzene rings is 1. The zero-order valence-corrected chi connectivity index (χ0v) is 13.4. The maximum absolute atomic E-state index is 5.87. The van der Waals surface area contributed by atoms with Gasteiger partial charge in [-0.05, 0) is 46.6 Å². The number of aryl methyl sites for hydroxylation is 2. The Labute approximate surface area is 126 Å². The van der Waals surface area contributed by atoms with Gasteiger partial charge in [0.05, 0.1) is 23.0 Å². The Kier molecular flexibility index (Phi) is 4.67. The van der Waals surface area contributed by atoms with Crippen molar-refractivity contribution in [3.05, 3.63) is 39.6 Å². The first kappa shape index (κ1) is 14.9. The van der Waals surface area contributed by atoms with E-state index in [9.17, 15) is 0 Å². The molecular weight excluding hydrogens is 322 g/mol. The summed E-state index contributed by atoms with van der Waals surface area (Å²) in [5.74, 6) is 1.34. The Bertz CT molecular complexity index is 611. The Morgan fingerprint density at radius 2 is 2.10 bits per heavy atom. The average molecular weight is 340 g/mol. The minimum absolute atomic E-state index is 0.425. The second-order valence-electron chi connectivity index (χ2n) is 4.50. The molecule has 1 aromatic carbocycles. The molecular formula is C14H18BrN3O2. The first-order valence-corrected chi connectivity index (χ1v) is 7.03. The van der Waals surface area contributed by atoms with Crippen LogP contribution in [0.5, 0.6) is 11.5 Å². The first-order chi connectivity index (χ1) is 9.55. The third kappa shape index (κ3) is 3.13. The standard InChI is InChI=1S/C14H18BrN3O2/c1-9-4-11(18(2)17-9)8-20-14-12(15)5-10(7-16)6-13(14)19-3/h4-6H,7-8,16H2,1-3H3. The van der Waals surface area contributed by atoms with Crippen LogP contribution in [-0.2, 0) is 20.2 Å². The van der Waals surface area contributed by atoms with Gasteiger partial charge in [-0.2, -0.15) is 5.10 Å². The van der Waals surface area contributed by atoms with E-state index in [1.54, 1.807) is 7.11 Å². The van der Waals surface area contributed by atoms with Crippen molar-refractivity contribution >= 4 is 15.9 Å². The van der Waals surface area contributed by atoms with Crippen LogP contribution in [0, 0.1) is 6.92 Å². The van der Waals surface area contributed by atoms with Crippen molar-refractivity contribution in [1.82, 2.24) is 9.78 Å². The van der Waals surface area contributed by atoms with Crippen LogP contribution < -0.4 is 15.2 Å². The number of halogens is 1. The highest BCUT2D eigenvalue weighted by molar-refractivity contribution is 9.10. The van der Waals surface area contributed by atoms with Gasteiger partial charge in [0.15, 0.2) is 11.5 Å². The monoisotopic (exact) mass is 339 g/mol. The Hall–Kier alpha value is -1.53. The van der Waals surface area contributed by atoms with E-state index < -0.39 is 0 Å². The van der Waals surface area contributed by atoms with Crippen molar-refractivity contribution in [2.24, 2.45) is 12.8 Å². The Morgan fingerprint density at radius 1 is 1.35 bits per heavy atom. The highest BCUT2D eigenvalue weighted by Crippen LogP contribution is 2.37. The number of hydrogen-bond donors (Lipinski definition) is 1. The molecule has 0 saturated carbocycles. The van der Waals surface area contributed by atoms with Gasteiger partial charge in [-0.1, -0.05) is 0 Å². The van der Waals surface area contributed by atoms with Crippen molar-refractivity contribution < 1.29 is 9.47 Å². The molecule has 0 aliphatic carbocycles. The van der Waals surface area contributed by atoms with Crippen LogP contribution in [0.15, 0.2) is 22.7 Å².